The van der Waals surface area contributed by atoms with Crippen LogP contribution >= 0.6 is 0 Å². The van der Waals surface area contributed by atoms with Crippen LogP contribution in [0.4, 0.5) is 0 Å². The van der Waals surface area contributed by atoms with E-state index in [9.17, 15) is 4.79 Å². The average molecular weight is 158 g/mol. The lowest BCUT2D eigenvalue weighted by Crippen LogP contribution is -2.16. The minimum atomic E-state index is -0.523. The lowest BCUT2D eigenvalue weighted by molar-refractivity contribution is -0.121. The number of hydrogen-bond acceptors (Lipinski definition) is 3. The van der Waals surface area contributed by atoms with E-state index in [0.29, 0.717) is 13.0 Å². The van der Waals surface area contributed by atoms with E-state index in [1.54, 1.807) is 6.92 Å². The lowest BCUT2D eigenvalue weighted by atomic mass is 10.0. The fourth-order valence-corrected chi connectivity index (χ4v) is 1.04. The minimum Gasteiger partial charge on any atom is -0.393 e. The summed E-state index contributed by atoms with van der Waals surface area (Å²) in [6, 6.07) is 0. The zero-order chi connectivity index (χ0) is 8.48. The van der Waals surface area contributed by atoms with E-state index in [4.69, 9.17) is 9.84 Å². The Hall–Kier alpha value is -0.410. The summed E-state index contributed by atoms with van der Waals surface area (Å²) in [7, 11) is 0. The van der Waals surface area contributed by atoms with Crippen LogP contribution in [0.3, 0.4) is 0 Å². The first kappa shape index (κ1) is 8.68. The van der Waals surface area contributed by atoms with Gasteiger partial charge in [0.1, 0.15) is 5.78 Å². The molecule has 3 nitrogen and oxygen atoms in total. The van der Waals surface area contributed by atoms with Crippen LogP contribution in [0.15, 0.2) is 0 Å². The van der Waals surface area contributed by atoms with E-state index < -0.39 is 6.10 Å². The van der Waals surface area contributed by atoms with Crippen molar-refractivity contribution in [1.29, 1.82) is 0 Å². The highest BCUT2D eigenvalue weighted by atomic mass is 16.6. The van der Waals surface area contributed by atoms with Gasteiger partial charge in [-0.3, -0.25) is 4.79 Å². The van der Waals surface area contributed by atoms with Gasteiger partial charge < -0.3 is 9.84 Å². The number of aliphatic hydroxyl groups is 1. The predicted octanol–water partition coefficient (Wildman–Crippen LogP) is 0.505. The molecule has 0 aromatic rings. The monoisotopic (exact) mass is 158 g/mol. The Morgan fingerprint density at radius 3 is 2.73 bits per heavy atom. The Morgan fingerprint density at radius 2 is 2.36 bits per heavy atom. The molecule has 1 saturated heterocycles. The lowest BCUT2D eigenvalue weighted by Gasteiger charge is -2.05. The average Bonchev–Trinajstić information content (AvgIpc) is 2.44. The molecule has 0 bridgehead atoms. The Balaban J connectivity index is 2.21. The number of ether oxygens (including phenoxy) is 1. The number of aliphatic hydroxyl groups excluding tert-OH is 1. The number of carbonyl (C=O) groups excluding carboxylic acids is 1. The normalized spacial score (nSPS) is 31.5. The van der Waals surface area contributed by atoms with Gasteiger partial charge >= 0.3 is 0 Å². The maximum absolute atomic E-state index is 11.1. The topological polar surface area (TPSA) is 49.8 Å². The van der Waals surface area contributed by atoms with E-state index >= 15 is 0 Å². The molecule has 0 radical (unpaired) electrons. The molecule has 0 amide bonds. The summed E-state index contributed by atoms with van der Waals surface area (Å²) in [5, 5.41) is 8.88. The quantitative estimate of drug-likeness (QED) is 0.606. The largest absolute Gasteiger partial charge is 0.393 e. The SMILES string of the molecule is C[C@@H](O)CC(=O)C[C@@]1(C)CO1. The molecule has 0 spiro atoms. The van der Waals surface area contributed by atoms with Gasteiger partial charge in [0, 0.05) is 12.8 Å². The van der Waals surface area contributed by atoms with Gasteiger partial charge in [0.25, 0.3) is 0 Å². The molecule has 1 aliphatic heterocycles. The molecule has 64 valence electrons. The number of Topliss-reactive ketones (excluding diaryl/α,β-unsaturated/α-hetero) is 1. The van der Waals surface area contributed by atoms with Crippen molar-refractivity contribution in [3.8, 4) is 0 Å². The number of rotatable bonds is 4. The van der Waals surface area contributed by atoms with Gasteiger partial charge in [-0.15, -0.1) is 0 Å². The van der Waals surface area contributed by atoms with Crippen molar-refractivity contribution in [2.24, 2.45) is 0 Å². The van der Waals surface area contributed by atoms with Crippen molar-refractivity contribution in [2.45, 2.75) is 38.4 Å². The molecule has 0 saturated carbocycles. The molecule has 0 unspecified atom stereocenters. The van der Waals surface area contributed by atoms with E-state index in [0.717, 1.165) is 0 Å². The first-order valence-corrected chi connectivity index (χ1v) is 3.85. The van der Waals surface area contributed by atoms with Gasteiger partial charge in [0.05, 0.1) is 18.3 Å². The van der Waals surface area contributed by atoms with E-state index in [-0.39, 0.29) is 17.8 Å². The first-order chi connectivity index (χ1) is 5.02. The molecule has 3 heteroatoms. The molecule has 11 heavy (non-hydrogen) atoms. The smallest absolute Gasteiger partial charge is 0.138 e. The number of carbonyl (C=O) groups is 1. The van der Waals surface area contributed by atoms with Crippen molar-refractivity contribution in [2.75, 3.05) is 6.61 Å². The molecule has 1 heterocycles. The second-order valence-corrected chi connectivity index (χ2v) is 3.51. The molecule has 1 rings (SSSR count). The zero-order valence-electron chi connectivity index (χ0n) is 6.96. The molecule has 1 aliphatic rings. The summed E-state index contributed by atoms with van der Waals surface area (Å²) in [4.78, 5) is 11.1. The van der Waals surface area contributed by atoms with Crippen molar-refractivity contribution in [1.82, 2.24) is 0 Å². The third-order valence-corrected chi connectivity index (χ3v) is 1.73. The van der Waals surface area contributed by atoms with Crippen LogP contribution in [0.25, 0.3) is 0 Å². The summed E-state index contributed by atoms with van der Waals surface area (Å²) in [5.41, 5.74) is -0.202. The van der Waals surface area contributed by atoms with Gasteiger partial charge in [-0.2, -0.15) is 0 Å². The van der Waals surface area contributed by atoms with Gasteiger partial charge in [0.2, 0.25) is 0 Å². The Kier molecular flexibility index (Phi) is 2.30. The summed E-state index contributed by atoms with van der Waals surface area (Å²) < 4.78 is 5.05. The minimum absolute atomic E-state index is 0.0833. The maximum atomic E-state index is 11.1. The number of epoxide rings is 1. The van der Waals surface area contributed by atoms with Crippen molar-refractivity contribution < 1.29 is 14.6 Å². The van der Waals surface area contributed by atoms with E-state index in [1.807, 2.05) is 6.92 Å². The molecule has 1 N–H and O–H groups in total. The molecule has 0 aromatic carbocycles. The Labute approximate surface area is 66.4 Å². The van der Waals surface area contributed by atoms with Crippen molar-refractivity contribution >= 4 is 5.78 Å². The summed E-state index contributed by atoms with van der Waals surface area (Å²) >= 11 is 0. The van der Waals surface area contributed by atoms with Gasteiger partial charge in [-0.1, -0.05) is 0 Å². The van der Waals surface area contributed by atoms with Crippen molar-refractivity contribution in [3.05, 3.63) is 0 Å². The van der Waals surface area contributed by atoms with Gasteiger partial charge in [-0.25, -0.2) is 0 Å². The standard InChI is InChI=1S/C8H14O3/c1-6(9)3-7(10)4-8(2)5-11-8/h6,9H,3-5H2,1-2H3/t6-,8+/m1/s1. The van der Waals surface area contributed by atoms with Crippen LogP contribution in [-0.2, 0) is 9.53 Å². The summed E-state index contributed by atoms with van der Waals surface area (Å²) in [5.74, 6) is 0.0833. The van der Waals surface area contributed by atoms with E-state index in [1.165, 1.54) is 0 Å². The predicted molar refractivity (Wildman–Crippen MR) is 40.3 cm³/mol. The molecule has 0 aliphatic carbocycles. The molecule has 0 aromatic heterocycles. The second-order valence-electron chi connectivity index (χ2n) is 3.51. The van der Waals surface area contributed by atoms with Crippen LogP contribution < -0.4 is 0 Å². The Morgan fingerprint density at radius 1 is 1.82 bits per heavy atom. The summed E-state index contributed by atoms with van der Waals surface area (Å²) in [6.07, 6.45) is 0.168. The maximum Gasteiger partial charge on any atom is 0.138 e. The van der Waals surface area contributed by atoms with Gasteiger partial charge in [0.15, 0.2) is 0 Å². The van der Waals surface area contributed by atoms with Crippen LogP contribution in [0.5, 0.6) is 0 Å². The van der Waals surface area contributed by atoms with Gasteiger partial charge in [-0.05, 0) is 13.8 Å². The van der Waals surface area contributed by atoms with Crippen LogP contribution in [0.2, 0.25) is 0 Å². The fourth-order valence-electron chi connectivity index (χ4n) is 1.04. The van der Waals surface area contributed by atoms with Crippen LogP contribution in [0, 0.1) is 0 Å². The zero-order valence-corrected chi connectivity index (χ0v) is 6.96. The highest BCUT2D eigenvalue weighted by molar-refractivity contribution is 5.80. The molecular weight excluding hydrogens is 144 g/mol. The highest BCUT2D eigenvalue weighted by Crippen LogP contribution is 2.30. The third-order valence-electron chi connectivity index (χ3n) is 1.73. The molecule has 1 fully saturated rings. The second kappa shape index (κ2) is 2.91. The number of ketones is 1. The van der Waals surface area contributed by atoms with Crippen LogP contribution in [-0.4, -0.2) is 29.2 Å². The fraction of sp³-hybridized carbons (Fsp3) is 0.875. The van der Waals surface area contributed by atoms with Crippen molar-refractivity contribution in [3.63, 3.8) is 0 Å². The molecule has 2 atom stereocenters. The third kappa shape index (κ3) is 2.99. The first-order valence-electron chi connectivity index (χ1n) is 3.85. The van der Waals surface area contributed by atoms with Crippen LogP contribution in [0.1, 0.15) is 26.7 Å². The highest BCUT2D eigenvalue weighted by Gasteiger charge is 2.40. The molecular formula is C8H14O3. The number of hydrogen-bond donors (Lipinski definition) is 1. The summed E-state index contributed by atoms with van der Waals surface area (Å²) in [6.45, 7) is 4.21. The van der Waals surface area contributed by atoms with E-state index in [2.05, 4.69) is 0 Å². The Bertz CT molecular complexity index is 159.